The summed E-state index contributed by atoms with van der Waals surface area (Å²) in [6.45, 7) is 2.12. The Bertz CT molecular complexity index is 578. The van der Waals surface area contributed by atoms with E-state index in [1.54, 1.807) is 0 Å². The molecule has 23 heavy (non-hydrogen) atoms. The van der Waals surface area contributed by atoms with Crippen LogP contribution in [0.4, 0.5) is 5.69 Å². The summed E-state index contributed by atoms with van der Waals surface area (Å²) in [6, 6.07) is 11.1. The van der Waals surface area contributed by atoms with Gasteiger partial charge in [-0.25, -0.2) is 0 Å². The van der Waals surface area contributed by atoms with Crippen molar-refractivity contribution in [3.05, 3.63) is 48.3 Å². The second-order valence-corrected chi connectivity index (χ2v) is 6.62. The summed E-state index contributed by atoms with van der Waals surface area (Å²) in [4.78, 5) is 0. The zero-order valence-corrected chi connectivity index (χ0v) is 14.0. The molecule has 2 N–H and O–H groups in total. The van der Waals surface area contributed by atoms with Crippen LogP contribution in [0.15, 0.2) is 42.7 Å². The predicted octanol–water partition coefficient (Wildman–Crippen LogP) is 3.22. The van der Waals surface area contributed by atoms with Crippen LogP contribution in [0.1, 0.15) is 31.2 Å². The van der Waals surface area contributed by atoms with Crippen LogP contribution in [-0.2, 0) is 13.5 Å². The Balaban J connectivity index is 1.35. The highest BCUT2D eigenvalue weighted by Crippen LogP contribution is 2.28. The van der Waals surface area contributed by atoms with E-state index in [0.29, 0.717) is 6.04 Å². The van der Waals surface area contributed by atoms with Gasteiger partial charge in [0.2, 0.25) is 0 Å². The van der Waals surface area contributed by atoms with E-state index in [-0.39, 0.29) is 0 Å². The third-order valence-electron chi connectivity index (χ3n) is 4.78. The molecule has 1 saturated carbocycles. The molecule has 1 aliphatic rings. The molecule has 1 aliphatic carbocycles. The lowest BCUT2D eigenvalue weighted by Crippen LogP contribution is -2.34. The molecule has 3 rings (SSSR count). The molecule has 4 nitrogen and oxygen atoms in total. The second kappa shape index (κ2) is 8.16. The summed E-state index contributed by atoms with van der Waals surface area (Å²) in [6.07, 6.45) is 10.5. The van der Waals surface area contributed by atoms with Gasteiger partial charge in [0.15, 0.2) is 0 Å². The summed E-state index contributed by atoms with van der Waals surface area (Å²) in [5, 5.41) is 11.5. The van der Waals surface area contributed by atoms with Crippen LogP contribution >= 0.6 is 0 Å². The maximum Gasteiger partial charge on any atom is 0.0521 e. The number of hydrogen-bond acceptors (Lipinski definition) is 3. The molecule has 2 atom stereocenters. The highest BCUT2D eigenvalue weighted by atomic mass is 15.2. The minimum atomic E-state index is 0.673. The Labute approximate surface area is 139 Å². The average molecular weight is 312 g/mol. The Morgan fingerprint density at radius 2 is 2.04 bits per heavy atom. The van der Waals surface area contributed by atoms with Gasteiger partial charge in [-0.3, -0.25) is 4.68 Å². The first-order valence-corrected chi connectivity index (χ1v) is 8.81. The zero-order valence-electron chi connectivity index (χ0n) is 14.0. The molecule has 0 bridgehead atoms. The van der Waals surface area contributed by atoms with Crippen LogP contribution in [0.2, 0.25) is 0 Å². The van der Waals surface area contributed by atoms with E-state index in [4.69, 9.17) is 0 Å². The van der Waals surface area contributed by atoms with E-state index in [1.165, 1.54) is 30.5 Å². The number of nitrogens with zero attached hydrogens (tertiary/aromatic N) is 2. The van der Waals surface area contributed by atoms with Crippen molar-refractivity contribution in [1.29, 1.82) is 0 Å². The summed E-state index contributed by atoms with van der Waals surface area (Å²) < 4.78 is 1.90. The highest BCUT2D eigenvalue weighted by molar-refractivity contribution is 5.42. The van der Waals surface area contributed by atoms with Gasteiger partial charge in [-0.15, -0.1) is 0 Å². The summed E-state index contributed by atoms with van der Waals surface area (Å²) in [7, 11) is 1.99. The molecular weight excluding hydrogens is 284 g/mol. The molecule has 1 heterocycles. The van der Waals surface area contributed by atoms with Gasteiger partial charge in [0, 0.05) is 31.5 Å². The van der Waals surface area contributed by atoms with Gasteiger partial charge in [-0.1, -0.05) is 24.6 Å². The van der Waals surface area contributed by atoms with Gasteiger partial charge >= 0.3 is 0 Å². The number of nitrogens with one attached hydrogen (secondary N) is 2. The second-order valence-electron chi connectivity index (χ2n) is 6.62. The SMILES string of the molecule is Cn1cc(CC2CCCC2NCCCNc2ccccc2)cn1. The summed E-state index contributed by atoms with van der Waals surface area (Å²) in [5.41, 5.74) is 2.58. The van der Waals surface area contributed by atoms with Crippen molar-refractivity contribution < 1.29 is 0 Å². The van der Waals surface area contributed by atoms with Crippen LogP contribution in [0.3, 0.4) is 0 Å². The number of rotatable bonds is 8. The van der Waals surface area contributed by atoms with E-state index < -0.39 is 0 Å². The number of aryl methyl sites for hydroxylation is 1. The minimum absolute atomic E-state index is 0.673. The van der Waals surface area contributed by atoms with Gasteiger partial charge in [-0.2, -0.15) is 5.10 Å². The zero-order chi connectivity index (χ0) is 15.9. The van der Waals surface area contributed by atoms with Crippen molar-refractivity contribution in [2.45, 2.75) is 38.1 Å². The topological polar surface area (TPSA) is 41.9 Å². The lowest BCUT2D eigenvalue weighted by Gasteiger charge is -2.20. The van der Waals surface area contributed by atoms with Crippen molar-refractivity contribution in [2.75, 3.05) is 18.4 Å². The number of anilines is 1. The predicted molar refractivity (Wildman–Crippen MR) is 95.6 cm³/mol. The maximum atomic E-state index is 4.29. The van der Waals surface area contributed by atoms with Crippen molar-refractivity contribution in [1.82, 2.24) is 15.1 Å². The molecule has 0 spiro atoms. The van der Waals surface area contributed by atoms with Crippen molar-refractivity contribution in [3.8, 4) is 0 Å². The average Bonchev–Trinajstić information content (AvgIpc) is 3.18. The molecule has 0 aliphatic heterocycles. The smallest absolute Gasteiger partial charge is 0.0521 e. The first kappa shape index (κ1) is 16.1. The fourth-order valence-corrected chi connectivity index (χ4v) is 3.59. The fraction of sp³-hybridized carbons (Fsp3) is 0.526. The van der Waals surface area contributed by atoms with Crippen LogP contribution in [0, 0.1) is 5.92 Å². The molecule has 2 aromatic rings. The molecule has 1 fully saturated rings. The highest BCUT2D eigenvalue weighted by Gasteiger charge is 2.26. The summed E-state index contributed by atoms with van der Waals surface area (Å²) in [5.74, 6) is 0.765. The number of hydrogen-bond donors (Lipinski definition) is 2. The van der Waals surface area contributed by atoms with Gasteiger partial charge < -0.3 is 10.6 Å². The monoisotopic (exact) mass is 312 g/mol. The van der Waals surface area contributed by atoms with Gasteiger partial charge in [0.25, 0.3) is 0 Å². The molecule has 124 valence electrons. The lowest BCUT2D eigenvalue weighted by molar-refractivity contribution is 0.398. The minimum Gasteiger partial charge on any atom is -0.385 e. The van der Waals surface area contributed by atoms with Gasteiger partial charge in [0.1, 0.15) is 0 Å². The Morgan fingerprint density at radius 3 is 2.83 bits per heavy atom. The molecule has 4 heteroatoms. The largest absolute Gasteiger partial charge is 0.385 e. The normalized spacial score (nSPS) is 20.7. The van der Waals surface area contributed by atoms with Crippen molar-refractivity contribution in [3.63, 3.8) is 0 Å². The quantitative estimate of drug-likeness (QED) is 0.735. The van der Waals surface area contributed by atoms with Crippen LogP contribution in [0.5, 0.6) is 0 Å². The fourth-order valence-electron chi connectivity index (χ4n) is 3.59. The van der Waals surface area contributed by atoms with Crippen LogP contribution in [0.25, 0.3) is 0 Å². The van der Waals surface area contributed by atoms with E-state index in [0.717, 1.165) is 31.8 Å². The van der Waals surface area contributed by atoms with Crippen LogP contribution in [-0.4, -0.2) is 28.9 Å². The molecular formula is C19H28N4. The van der Waals surface area contributed by atoms with Crippen molar-refractivity contribution in [2.24, 2.45) is 13.0 Å². The number of para-hydroxylation sites is 1. The van der Waals surface area contributed by atoms with E-state index in [9.17, 15) is 0 Å². The van der Waals surface area contributed by atoms with Crippen molar-refractivity contribution >= 4 is 5.69 Å². The Morgan fingerprint density at radius 1 is 1.17 bits per heavy atom. The molecule has 1 aromatic carbocycles. The molecule has 1 aromatic heterocycles. The molecule has 0 radical (unpaired) electrons. The number of benzene rings is 1. The van der Waals surface area contributed by atoms with Gasteiger partial charge in [0.05, 0.1) is 6.20 Å². The third kappa shape index (κ3) is 4.83. The molecule has 0 saturated heterocycles. The third-order valence-corrected chi connectivity index (χ3v) is 4.78. The van der Waals surface area contributed by atoms with Gasteiger partial charge in [-0.05, 0) is 55.8 Å². The molecule has 0 amide bonds. The Kier molecular flexibility index (Phi) is 5.70. The summed E-state index contributed by atoms with van der Waals surface area (Å²) >= 11 is 0. The standard InChI is InChI=1S/C19H28N4/c1-23-15-16(14-22-23)13-17-7-5-10-19(17)21-12-6-11-20-18-8-3-2-4-9-18/h2-4,8-9,14-15,17,19-21H,5-7,10-13H2,1H3. The number of aromatic nitrogens is 2. The Hall–Kier alpha value is -1.81. The maximum absolute atomic E-state index is 4.29. The van der Waals surface area contributed by atoms with E-state index >= 15 is 0 Å². The van der Waals surface area contributed by atoms with Crippen LogP contribution < -0.4 is 10.6 Å². The van der Waals surface area contributed by atoms with E-state index in [2.05, 4.69) is 52.3 Å². The molecule has 2 unspecified atom stereocenters. The first-order valence-electron chi connectivity index (χ1n) is 8.81. The first-order chi connectivity index (χ1) is 11.3. The lowest BCUT2D eigenvalue weighted by atomic mass is 9.96. The van der Waals surface area contributed by atoms with E-state index in [1.807, 2.05) is 17.9 Å².